The van der Waals surface area contributed by atoms with E-state index in [-0.39, 0.29) is 42.1 Å². The number of amides is 4. The van der Waals surface area contributed by atoms with E-state index >= 15 is 0 Å². The summed E-state index contributed by atoms with van der Waals surface area (Å²) in [5.74, 6) is -1.38. The van der Waals surface area contributed by atoms with Gasteiger partial charge >= 0.3 is 0 Å². The zero-order chi connectivity index (χ0) is 30.9. The summed E-state index contributed by atoms with van der Waals surface area (Å²) in [4.78, 5) is 59.5. The van der Waals surface area contributed by atoms with Gasteiger partial charge in [0.2, 0.25) is 17.7 Å². The molecular formula is C32H42FN5O5. The summed E-state index contributed by atoms with van der Waals surface area (Å²) in [6.45, 7) is 9.33. The molecule has 4 rings (SSSR count). The Hall–Kier alpha value is -3.99. The number of hydrogen-bond donors (Lipinski definition) is 2. The summed E-state index contributed by atoms with van der Waals surface area (Å²) in [5.41, 5.74) is 1.22. The Morgan fingerprint density at radius 1 is 0.977 bits per heavy atom. The molecule has 2 aliphatic rings. The maximum absolute atomic E-state index is 13.8. The van der Waals surface area contributed by atoms with Crippen LogP contribution < -0.4 is 15.4 Å². The second kappa shape index (κ2) is 15.0. The number of nitrogens with one attached hydrogen (secondary N) is 2. The fraction of sp³-hybridized carbons (Fsp3) is 0.500. The van der Waals surface area contributed by atoms with E-state index in [9.17, 15) is 23.6 Å². The molecule has 10 nitrogen and oxygen atoms in total. The number of ether oxygens (including phenoxy) is 1. The second-order valence-corrected chi connectivity index (χ2v) is 11.5. The predicted molar refractivity (Wildman–Crippen MR) is 160 cm³/mol. The van der Waals surface area contributed by atoms with E-state index < -0.39 is 23.9 Å². The van der Waals surface area contributed by atoms with Gasteiger partial charge in [-0.2, -0.15) is 0 Å². The topological polar surface area (TPSA) is 111 Å². The molecule has 43 heavy (non-hydrogen) atoms. The van der Waals surface area contributed by atoms with Crippen LogP contribution in [0, 0.1) is 11.7 Å². The standard InChI is InChI=1S/C32H42FN5O5/c1-4-37-17-18-43-28-8-6-5-7-25(28)30(40)35-27(20-29(39)34-26(31(37)41)19-22(2)3)32(42)38-15-13-36(14-16-38)21-23-9-11-24(33)12-10-23/h5-12,22,26-27H,4,13-21H2,1-3H3,(H,34,39)(H,35,40)/t26-,27-/m0/s1. The quantitative estimate of drug-likeness (QED) is 0.531. The molecule has 1 saturated heterocycles. The normalized spacial score (nSPS) is 21.0. The van der Waals surface area contributed by atoms with Gasteiger partial charge in [0, 0.05) is 39.3 Å². The van der Waals surface area contributed by atoms with Crippen molar-refractivity contribution in [2.75, 3.05) is 45.9 Å². The molecule has 2 aromatic rings. The third-order valence-corrected chi connectivity index (χ3v) is 7.78. The number of carbonyl (C=O) groups is 4. The Morgan fingerprint density at radius 2 is 1.67 bits per heavy atom. The molecule has 1 fully saturated rings. The van der Waals surface area contributed by atoms with Crippen molar-refractivity contribution in [3.8, 4) is 5.75 Å². The van der Waals surface area contributed by atoms with Crippen molar-refractivity contribution >= 4 is 23.6 Å². The highest BCUT2D eigenvalue weighted by Gasteiger charge is 2.33. The van der Waals surface area contributed by atoms with Crippen LogP contribution in [0.15, 0.2) is 48.5 Å². The van der Waals surface area contributed by atoms with E-state index in [1.165, 1.54) is 12.1 Å². The van der Waals surface area contributed by atoms with Crippen LogP contribution in [0.4, 0.5) is 4.39 Å². The summed E-state index contributed by atoms with van der Waals surface area (Å²) in [6, 6.07) is 11.2. The number of likely N-dealkylation sites (N-methyl/N-ethyl adjacent to an activating group) is 1. The lowest BCUT2D eigenvalue weighted by atomic mass is 10.0. The third-order valence-electron chi connectivity index (χ3n) is 7.78. The van der Waals surface area contributed by atoms with Gasteiger partial charge in [0.05, 0.1) is 18.5 Å². The van der Waals surface area contributed by atoms with Crippen molar-refractivity contribution in [2.45, 2.75) is 52.2 Å². The molecule has 232 valence electrons. The maximum Gasteiger partial charge on any atom is 0.255 e. The molecule has 2 N–H and O–H groups in total. The predicted octanol–water partition coefficient (Wildman–Crippen LogP) is 2.43. The fourth-order valence-corrected chi connectivity index (χ4v) is 5.45. The zero-order valence-electron chi connectivity index (χ0n) is 25.2. The Balaban J connectivity index is 1.53. The van der Waals surface area contributed by atoms with E-state index in [4.69, 9.17) is 4.74 Å². The van der Waals surface area contributed by atoms with Crippen LogP contribution in [0.3, 0.4) is 0 Å². The van der Waals surface area contributed by atoms with Gasteiger partial charge in [0.25, 0.3) is 5.91 Å². The molecule has 4 amide bonds. The van der Waals surface area contributed by atoms with Crippen molar-refractivity contribution in [3.05, 3.63) is 65.5 Å². The first kappa shape index (κ1) is 31.9. The van der Waals surface area contributed by atoms with E-state index in [1.807, 2.05) is 20.8 Å². The summed E-state index contributed by atoms with van der Waals surface area (Å²) in [7, 11) is 0. The van der Waals surface area contributed by atoms with Gasteiger partial charge in [-0.25, -0.2) is 4.39 Å². The molecule has 2 aliphatic heterocycles. The molecule has 2 aromatic carbocycles. The first-order valence-electron chi connectivity index (χ1n) is 15.0. The first-order chi connectivity index (χ1) is 20.6. The Kier molecular flexibility index (Phi) is 11.1. The van der Waals surface area contributed by atoms with Crippen molar-refractivity contribution in [1.82, 2.24) is 25.3 Å². The van der Waals surface area contributed by atoms with Crippen LogP contribution in [0.2, 0.25) is 0 Å². The number of rotatable bonds is 6. The smallest absolute Gasteiger partial charge is 0.255 e. The number of nitrogens with zero attached hydrogens (tertiary/aromatic N) is 3. The van der Waals surface area contributed by atoms with Crippen LogP contribution in [-0.4, -0.2) is 96.3 Å². The van der Waals surface area contributed by atoms with Crippen LogP contribution in [0.1, 0.15) is 49.5 Å². The van der Waals surface area contributed by atoms with Gasteiger partial charge in [-0.15, -0.1) is 0 Å². The highest BCUT2D eigenvalue weighted by molar-refractivity contribution is 6.01. The average Bonchev–Trinajstić information content (AvgIpc) is 2.99. The zero-order valence-corrected chi connectivity index (χ0v) is 25.2. The Labute approximate surface area is 252 Å². The lowest BCUT2D eigenvalue weighted by Gasteiger charge is -2.36. The van der Waals surface area contributed by atoms with Gasteiger partial charge in [0.1, 0.15) is 30.3 Å². The van der Waals surface area contributed by atoms with Gasteiger partial charge in [-0.05, 0) is 49.1 Å². The van der Waals surface area contributed by atoms with Gasteiger partial charge in [-0.1, -0.05) is 38.1 Å². The van der Waals surface area contributed by atoms with Gasteiger partial charge < -0.3 is 25.2 Å². The van der Waals surface area contributed by atoms with Crippen molar-refractivity contribution in [2.24, 2.45) is 5.92 Å². The minimum Gasteiger partial charge on any atom is -0.491 e. The third kappa shape index (κ3) is 8.76. The summed E-state index contributed by atoms with van der Waals surface area (Å²) < 4.78 is 19.2. The highest BCUT2D eigenvalue weighted by atomic mass is 19.1. The number of hydrogen-bond acceptors (Lipinski definition) is 6. The van der Waals surface area contributed by atoms with Crippen molar-refractivity contribution in [3.63, 3.8) is 0 Å². The molecule has 11 heteroatoms. The number of carbonyl (C=O) groups excluding carboxylic acids is 4. The number of fused-ring (bicyclic) bond motifs is 1. The van der Waals surface area contributed by atoms with Crippen molar-refractivity contribution < 1.29 is 28.3 Å². The van der Waals surface area contributed by atoms with E-state index in [1.54, 1.807) is 46.2 Å². The molecular weight excluding hydrogens is 553 g/mol. The summed E-state index contributed by atoms with van der Waals surface area (Å²) in [5, 5.41) is 5.63. The molecule has 2 atom stereocenters. The minimum atomic E-state index is -1.13. The van der Waals surface area contributed by atoms with E-state index in [0.29, 0.717) is 58.0 Å². The molecule has 0 aliphatic carbocycles. The average molecular weight is 596 g/mol. The lowest BCUT2D eigenvalue weighted by Crippen LogP contribution is -2.56. The Bertz CT molecular complexity index is 1280. The van der Waals surface area contributed by atoms with Crippen LogP contribution >= 0.6 is 0 Å². The molecule has 0 aromatic heterocycles. The monoisotopic (exact) mass is 595 g/mol. The number of para-hydroxylation sites is 1. The van der Waals surface area contributed by atoms with Gasteiger partial charge in [0.15, 0.2) is 0 Å². The van der Waals surface area contributed by atoms with Crippen LogP contribution in [-0.2, 0) is 20.9 Å². The first-order valence-corrected chi connectivity index (χ1v) is 15.0. The molecule has 0 unspecified atom stereocenters. The maximum atomic E-state index is 13.8. The van der Waals surface area contributed by atoms with Gasteiger partial charge in [-0.3, -0.25) is 24.1 Å². The molecule has 2 heterocycles. The highest BCUT2D eigenvalue weighted by Crippen LogP contribution is 2.20. The van der Waals surface area contributed by atoms with Crippen LogP contribution in [0.5, 0.6) is 5.75 Å². The molecule has 0 saturated carbocycles. The number of halogens is 1. The number of piperazine rings is 1. The minimum absolute atomic E-state index is 0.137. The number of benzene rings is 2. The lowest BCUT2D eigenvalue weighted by molar-refractivity contribution is -0.139. The SMILES string of the molecule is CCN1CCOc2ccccc2C(=O)N[C@H](C(=O)N2CCN(Cc3ccc(F)cc3)CC2)CC(=O)N[C@@H](CC(C)C)C1=O. The van der Waals surface area contributed by atoms with Crippen LogP contribution in [0.25, 0.3) is 0 Å². The second-order valence-electron chi connectivity index (χ2n) is 11.5. The van der Waals surface area contributed by atoms with E-state index in [2.05, 4.69) is 15.5 Å². The molecule has 0 bridgehead atoms. The summed E-state index contributed by atoms with van der Waals surface area (Å²) >= 11 is 0. The fourth-order valence-electron chi connectivity index (χ4n) is 5.45. The van der Waals surface area contributed by atoms with E-state index in [0.717, 1.165) is 5.56 Å². The summed E-state index contributed by atoms with van der Waals surface area (Å²) in [6.07, 6.45) is 0.128. The van der Waals surface area contributed by atoms with Crippen molar-refractivity contribution in [1.29, 1.82) is 0 Å². The molecule has 0 radical (unpaired) electrons. The molecule has 0 spiro atoms. The largest absolute Gasteiger partial charge is 0.491 e. The Morgan fingerprint density at radius 3 is 2.35 bits per heavy atom.